The van der Waals surface area contributed by atoms with Gasteiger partial charge in [0.15, 0.2) is 5.82 Å². The van der Waals surface area contributed by atoms with E-state index in [1.807, 2.05) is 11.0 Å². The SMILES string of the molecule is O=C(O)c1cccc(-c2nccc(N3CCC[C@H](O)C3)n2)c1. The van der Waals surface area contributed by atoms with Crippen LogP contribution in [0.1, 0.15) is 23.2 Å². The zero-order valence-electron chi connectivity index (χ0n) is 12.0. The monoisotopic (exact) mass is 299 g/mol. The summed E-state index contributed by atoms with van der Waals surface area (Å²) in [5.41, 5.74) is 0.874. The minimum Gasteiger partial charge on any atom is -0.478 e. The average molecular weight is 299 g/mol. The fourth-order valence-corrected chi connectivity index (χ4v) is 2.62. The summed E-state index contributed by atoms with van der Waals surface area (Å²) in [5, 5.41) is 18.8. The maximum Gasteiger partial charge on any atom is 0.335 e. The van der Waals surface area contributed by atoms with E-state index in [1.165, 1.54) is 6.07 Å². The molecule has 114 valence electrons. The van der Waals surface area contributed by atoms with E-state index in [1.54, 1.807) is 24.4 Å². The van der Waals surface area contributed by atoms with Crippen molar-refractivity contribution < 1.29 is 15.0 Å². The summed E-state index contributed by atoms with van der Waals surface area (Å²) in [6.07, 6.45) is 3.07. The molecule has 0 saturated carbocycles. The quantitative estimate of drug-likeness (QED) is 0.898. The summed E-state index contributed by atoms with van der Waals surface area (Å²) in [5.74, 6) is 0.266. The van der Waals surface area contributed by atoms with Crippen LogP contribution in [0.4, 0.5) is 5.82 Å². The number of aromatic nitrogens is 2. The van der Waals surface area contributed by atoms with Gasteiger partial charge in [0.25, 0.3) is 0 Å². The van der Waals surface area contributed by atoms with E-state index in [-0.39, 0.29) is 11.7 Å². The van der Waals surface area contributed by atoms with Gasteiger partial charge in [0.1, 0.15) is 5.82 Å². The van der Waals surface area contributed by atoms with E-state index in [4.69, 9.17) is 5.11 Å². The summed E-state index contributed by atoms with van der Waals surface area (Å²) in [6.45, 7) is 1.41. The predicted molar refractivity (Wildman–Crippen MR) is 81.9 cm³/mol. The fourth-order valence-electron chi connectivity index (χ4n) is 2.62. The first-order chi connectivity index (χ1) is 10.6. The van der Waals surface area contributed by atoms with Crippen LogP contribution in [0.2, 0.25) is 0 Å². The molecule has 1 aromatic carbocycles. The average Bonchev–Trinajstić information content (AvgIpc) is 2.55. The maximum absolute atomic E-state index is 11.1. The highest BCUT2D eigenvalue weighted by Crippen LogP contribution is 2.22. The molecule has 2 N–H and O–H groups in total. The van der Waals surface area contributed by atoms with Gasteiger partial charge in [-0.25, -0.2) is 14.8 Å². The third-order valence-electron chi connectivity index (χ3n) is 3.73. The molecule has 22 heavy (non-hydrogen) atoms. The maximum atomic E-state index is 11.1. The van der Waals surface area contributed by atoms with Gasteiger partial charge >= 0.3 is 5.97 Å². The molecule has 6 nitrogen and oxygen atoms in total. The normalized spacial score (nSPS) is 18.2. The molecule has 1 aliphatic heterocycles. The van der Waals surface area contributed by atoms with Crippen molar-refractivity contribution in [1.82, 2.24) is 9.97 Å². The zero-order valence-corrected chi connectivity index (χ0v) is 12.0. The summed E-state index contributed by atoms with van der Waals surface area (Å²) < 4.78 is 0. The highest BCUT2D eigenvalue weighted by Gasteiger charge is 2.19. The van der Waals surface area contributed by atoms with Crippen LogP contribution in [-0.2, 0) is 0 Å². The largest absolute Gasteiger partial charge is 0.478 e. The summed E-state index contributed by atoms with van der Waals surface area (Å²) in [4.78, 5) is 21.8. The Morgan fingerprint density at radius 3 is 2.95 bits per heavy atom. The molecule has 0 spiro atoms. The second kappa shape index (κ2) is 6.11. The van der Waals surface area contributed by atoms with Crippen LogP contribution in [0.3, 0.4) is 0 Å². The lowest BCUT2D eigenvalue weighted by Gasteiger charge is -2.31. The number of hydrogen-bond donors (Lipinski definition) is 2. The number of piperidine rings is 1. The molecule has 0 amide bonds. The number of β-amino-alcohol motifs (C(OH)–C–C–N with tert-alkyl or cyclic N) is 1. The molecular weight excluding hydrogens is 282 g/mol. The van der Waals surface area contributed by atoms with Gasteiger partial charge in [0.05, 0.1) is 11.7 Å². The van der Waals surface area contributed by atoms with Crippen molar-refractivity contribution in [2.45, 2.75) is 18.9 Å². The molecule has 2 aromatic rings. The molecule has 2 heterocycles. The predicted octanol–water partition coefficient (Wildman–Crippen LogP) is 1.80. The minimum atomic E-state index is -0.975. The molecule has 1 fully saturated rings. The van der Waals surface area contributed by atoms with Crippen molar-refractivity contribution in [3.63, 3.8) is 0 Å². The number of carboxylic acid groups (broad SMARTS) is 1. The lowest BCUT2D eigenvalue weighted by atomic mass is 10.1. The van der Waals surface area contributed by atoms with Crippen LogP contribution in [-0.4, -0.2) is 45.3 Å². The van der Waals surface area contributed by atoms with Crippen LogP contribution in [0, 0.1) is 0 Å². The minimum absolute atomic E-state index is 0.208. The fraction of sp³-hybridized carbons (Fsp3) is 0.312. The van der Waals surface area contributed by atoms with Gasteiger partial charge in [0.2, 0.25) is 0 Å². The lowest BCUT2D eigenvalue weighted by Crippen LogP contribution is -2.38. The van der Waals surface area contributed by atoms with Gasteiger partial charge < -0.3 is 15.1 Å². The van der Waals surface area contributed by atoms with Crippen molar-refractivity contribution in [3.8, 4) is 11.4 Å². The van der Waals surface area contributed by atoms with Crippen molar-refractivity contribution in [1.29, 1.82) is 0 Å². The molecule has 0 radical (unpaired) electrons. The Kier molecular flexibility index (Phi) is 4.02. The van der Waals surface area contributed by atoms with Gasteiger partial charge in [-0.15, -0.1) is 0 Å². The van der Waals surface area contributed by atoms with Gasteiger partial charge in [-0.2, -0.15) is 0 Å². The number of carbonyl (C=O) groups is 1. The number of rotatable bonds is 3. The molecule has 1 aromatic heterocycles. The van der Waals surface area contributed by atoms with Crippen molar-refractivity contribution >= 4 is 11.8 Å². The number of anilines is 1. The number of hydrogen-bond acceptors (Lipinski definition) is 5. The van der Waals surface area contributed by atoms with Crippen molar-refractivity contribution in [3.05, 3.63) is 42.1 Å². The first-order valence-electron chi connectivity index (χ1n) is 7.23. The number of nitrogens with zero attached hydrogens (tertiary/aromatic N) is 3. The molecule has 6 heteroatoms. The molecule has 0 aliphatic carbocycles. The third-order valence-corrected chi connectivity index (χ3v) is 3.73. The molecule has 1 atom stereocenters. The van der Waals surface area contributed by atoms with Crippen molar-refractivity contribution in [2.75, 3.05) is 18.0 Å². The van der Waals surface area contributed by atoms with E-state index in [2.05, 4.69) is 9.97 Å². The van der Waals surface area contributed by atoms with Gasteiger partial charge in [0, 0.05) is 24.8 Å². The molecule has 3 rings (SSSR count). The Labute approximate surface area is 128 Å². The zero-order chi connectivity index (χ0) is 15.5. The van der Waals surface area contributed by atoms with Crippen LogP contribution in [0.5, 0.6) is 0 Å². The van der Waals surface area contributed by atoms with Crippen LogP contribution < -0.4 is 4.90 Å². The molecular formula is C16H17N3O3. The lowest BCUT2D eigenvalue weighted by molar-refractivity contribution is 0.0697. The molecule has 1 saturated heterocycles. The van der Waals surface area contributed by atoms with E-state index in [0.29, 0.717) is 17.9 Å². The summed E-state index contributed by atoms with van der Waals surface area (Å²) >= 11 is 0. The number of aromatic carboxylic acids is 1. The van der Waals surface area contributed by atoms with E-state index in [9.17, 15) is 9.90 Å². The first kappa shape index (κ1) is 14.5. The number of benzene rings is 1. The Hall–Kier alpha value is -2.47. The Balaban J connectivity index is 1.90. The van der Waals surface area contributed by atoms with Crippen LogP contribution in [0.15, 0.2) is 36.5 Å². The first-order valence-corrected chi connectivity index (χ1v) is 7.23. The van der Waals surface area contributed by atoms with Gasteiger partial charge in [-0.1, -0.05) is 12.1 Å². The van der Waals surface area contributed by atoms with Gasteiger partial charge in [-0.3, -0.25) is 0 Å². The molecule has 1 aliphatic rings. The smallest absolute Gasteiger partial charge is 0.335 e. The third kappa shape index (κ3) is 3.07. The van der Waals surface area contributed by atoms with Crippen molar-refractivity contribution in [2.24, 2.45) is 0 Å². The number of aliphatic hydroxyl groups excluding tert-OH is 1. The number of carboxylic acids is 1. The Morgan fingerprint density at radius 2 is 2.18 bits per heavy atom. The highest BCUT2D eigenvalue weighted by molar-refractivity contribution is 5.89. The molecule has 0 bridgehead atoms. The Morgan fingerprint density at radius 1 is 1.32 bits per heavy atom. The van der Waals surface area contributed by atoms with Gasteiger partial charge in [-0.05, 0) is 31.0 Å². The standard InChI is InChI=1S/C16H17N3O3/c20-13-5-2-8-19(10-13)14-6-7-17-15(18-14)11-3-1-4-12(9-11)16(21)22/h1,3-4,6-7,9,13,20H,2,5,8,10H2,(H,21,22)/t13-/m0/s1. The summed E-state index contributed by atoms with van der Waals surface area (Å²) in [7, 11) is 0. The van der Waals surface area contributed by atoms with E-state index in [0.717, 1.165) is 25.2 Å². The number of aliphatic hydroxyl groups is 1. The topological polar surface area (TPSA) is 86.5 Å². The Bertz CT molecular complexity index is 690. The summed E-state index contributed by atoms with van der Waals surface area (Å²) in [6, 6.07) is 8.38. The highest BCUT2D eigenvalue weighted by atomic mass is 16.4. The second-order valence-corrected chi connectivity index (χ2v) is 5.37. The molecule has 0 unspecified atom stereocenters. The van der Waals surface area contributed by atoms with Crippen LogP contribution >= 0.6 is 0 Å². The second-order valence-electron chi connectivity index (χ2n) is 5.37. The van der Waals surface area contributed by atoms with E-state index < -0.39 is 5.97 Å². The van der Waals surface area contributed by atoms with E-state index >= 15 is 0 Å². The van der Waals surface area contributed by atoms with Crippen LogP contribution in [0.25, 0.3) is 11.4 Å².